The van der Waals surface area contributed by atoms with Gasteiger partial charge < -0.3 is 9.47 Å². The highest BCUT2D eigenvalue weighted by molar-refractivity contribution is 7.83. The molecule has 3 rings (SSSR count). The summed E-state index contributed by atoms with van der Waals surface area (Å²) in [4.78, 5) is 4.64. The summed E-state index contributed by atoms with van der Waals surface area (Å²) in [6.07, 6.45) is 0. The highest BCUT2D eigenvalue weighted by Crippen LogP contribution is 2.35. The average Bonchev–Trinajstić information content (AvgIpc) is 3.11. The molecular weight excluding hydrogens is 366 g/mol. The third-order valence-corrected chi connectivity index (χ3v) is 6.15. The van der Waals surface area contributed by atoms with Crippen LogP contribution in [0.5, 0.6) is 11.5 Å². The predicted octanol–water partition coefficient (Wildman–Crippen LogP) is 4.58. The number of rotatable bonds is 7. The number of aromatic nitrogens is 1. The highest BCUT2D eigenvalue weighted by Gasteiger charge is 2.13. The molecule has 0 N–H and O–H groups in total. The summed E-state index contributed by atoms with van der Waals surface area (Å²) in [6.45, 7) is 2.05. The molecule has 0 aliphatic carbocycles. The van der Waals surface area contributed by atoms with E-state index in [0.717, 1.165) is 27.6 Å². The molecular formula is C20H21NO3S2. The van der Waals surface area contributed by atoms with Crippen molar-refractivity contribution in [3.8, 4) is 22.1 Å². The van der Waals surface area contributed by atoms with Crippen molar-refractivity contribution in [2.24, 2.45) is 0 Å². The second-order valence-corrected chi connectivity index (χ2v) is 8.24. The SMILES string of the molecule is COc1ccc(-c2nc(CS(=O)Cc3ccc(C)cc3)cs2)c(OC)c1. The fraction of sp³-hybridized carbons (Fsp3) is 0.250. The topological polar surface area (TPSA) is 48.4 Å². The van der Waals surface area contributed by atoms with Crippen molar-refractivity contribution in [2.75, 3.05) is 14.2 Å². The Labute approximate surface area is 160 Å². The molecule has 0 spiro atoms. The van der Waals surface area contributed by atoms with Crippen molar-refractivity contribution < 1.29 is 13.7 Å². The first-order valence-electron chi connectivity index (χ1n) is 8.16. The van der Waals surface area contributed by atoms with E-state index in [2.05, 4.69) is 4.98 Å². The van der Waals surface area contributed by atoms with Gasteiger partial charge in [0.1, 0.15) is 16.5 Å². The van der Waals surface area contributed by atoms with E-state index in [4.69, 9.17) is 9.47 Å². The van der Waals surface area contributed by atoms with Crippen LogP contribution in [0.25, 0.3) is 10.6 Å². The maximum absolute atomic E-state index is 12.5. The van der Waals surface area contributed by atoms with Gasteiger partial charge in [0, 0.05) is 28.0 Å². The van der Waals surface area contributed by atoms with Crippen LogP contribution in [0.1, 0.15) is 16.8 Å². The Morgan fingerprint density at radius 1 is 1.04 bits per heavy atom. The molecule has 4 nitrogen and oxygen atoms in total. The quantitative estimate of drug-likeness (QED) is 0.595. The monoisotopic (exact) mass is 387 g/mol. The molecule has 1 aromatic heterocycles. The highest BCUT2D eigenvalue weighted by atomic mass is 32.2. The van der Waals surface area contributed by atoms with Crippen molar-refractivity contribution in [2.45, 2.75) is 18.4 Å². The van der Waals surface area contributed by atoms with Gasteiger partial charge in [-0.3, -0.25) is 4.21 Å². The molecule has 0 bridgehead atoms. The van der Waals surface area contributed by atoms with Crippen molar-refractivity contribution in [3.63, 3.8) is 0 Å². The molecule has 0 aliphatic rings. The lowest BCUT2D eigenvalue weighted by Gasteiger charge is -2.08. The number of nitrogens with zero attached hydrogens (tertiary/aromatic N) is 1. The fourth-order valence-corrected chi connectivity index (χ4v) is 4.66. The summed E-state index contributed by atoms with van der Waals surface area (Å²) in [5.41, 5.74) is 4.04. The molecule has 6 heteroatoms. The smallest absolute Gasteiger partial charge is 0.132 e. The maximum atomic E-state index is 12.5. The predicted molar refractivity (Wildman–Crippen MR) is 107 cm³/mol. The van der Waals surface area contributed by atoms with E-state index in [9.17, 15) is 4.21 Å². The molecule has 0 amide bonds. The summed E-state index contributed by atoms with van der Waals surface area (Å²) in [7, 11) is 2.26. The van der Waals surface area contributed by atoms with Crippen LogP contribution in [0, 0.1) is 6.92 Å². The zero-order valence-corrected chi connectivity index (χ0v) is 16.7. The summed E-state index contributed by atoms with van der Waals surface area (Å²) in [5, 5.41) is 2.82. The van der Waals surface area contributed by atoms with Crippen molar-refractivity contribution in [3.05, 3.63) is 64.7 Å². The van der Waals surface area contributed by atoms with Gasteiger partial charge in [0.2, 0.25) is 0 Å². The third kappa shape index (κ3) is 4.51. The molecule has 0 saturated heterocycles. The van der Waals surface area contributed by atoms with Crippen LogP contribution in [-0.2, 0) is 22.3 Å². The van der Waals surface area contributed by atoms with E-state index in [1.807, 2.05) is 54.8 Å². The van der Waals surface area contributed by atoms with E-state index in [1.54, 1.807) is 14.2 Å². The van der Waals surface area contributed by atoms with E-state index >= 15 is 0 Å². The average molecular weight is 388 g/mol. The number of aryl methyl sites for hydroxylation is 1. The van der Waals surface area contributed by atoms with Crippen molar-refractivity contribution >= 4 is 22.1 Å². The van der Waals surface area contributed by atoms with Gasteiger partial charge in [0.15, 0.2) is 0 Å². The van der Waals surface area contributed by atoms with Gasteiger partial charge in [0.05, 0.1) is 31.2 Å². The van der Waals surface area contributed by atoms with Crippen LogP contribution in [0.4, 0.5) is 0 Å². The Morgan fingerprint density at radius 3 is 2.50 bits per heavy atom. The van der Waals surface area contributed by atoms with Gasteiger partial charge in [-0.1, -0.05) is 29.8 Å². The summed E-state index contributed by atoms with van der Waals surface area (Å²) < 4.78 is 23.1. The molecule has 136 valence electrons. The first-order chi connectivity index (χ1) is 12.6. The molecule has 1 heterocycles. The van der Waals surface area contributed by atoms with Gasteiger partial charge in [0.25, 0.3) is 0 Å². The van der Waals surface area contributed by atoms with Crippen LogP contribution in [0.3, 0.4) is 0 Å². The Bertz CT molecular complexity index is 904. The number of benzene rings is 2. The Morgan fingerprint density at radius 2 is 1.81 bits per heavy atom. The summed E-state index contributed by atoms with van der Waals surface area (Å²) in [5.74, 6) is 2.44. The van der Waals surface area contributed by atoms with Gasteiger partial charge in [-0.15, -0.1) is 11.3 Å². The van der Waals surface area contributed by atoms with Crippen LogP contribution >= 0.6 is 11.3 Å². The number of methoxy groups -OCH3 is 2. The summed E-state index contributed by atoms with van der Waals surface area (Å²) >= 11 is 1.53. The largest absolute Gasteiger partial charge is 0.497 e. The van der Waals surface area contributed by atoms with Crippen LogP contribution < -0.4 is 9.47 Å². The van der Waals surface area contributed by atoms with Crippen molar-refractivity contribution in [1.82, 2.24) is 4.98 Å². The number of hydrogen-bond donors (Lipinski definition) is 0. The second kappa shape index (κ2) is 8.47. The standard InChI is InChI=1S/C20H21NO3S2/c1-14-4-6-15(7-5-14)12-26(22)13-16-11-25-20(21-16)18-9-8-17(23-2)10-19(18)24-3/h4-11H,12-13H2,1-3H3. The van der Waals surface area contributed by atoms with Crippen LogP contribution in [0.15, 0.2) is 47.8 Å². The minimum Gasteiger partial charge on any atom is -0.497 e. The zero-order valence-electron chi connectivity index (χ0n) is 15.0. The lowest BCUT2D eigenvalue weighted by molar-refractivity contribution is 0.395. The normalized spacial score (nSPS) is 12.0. The van der Waals surface area contributed by atoms with E-state index < -0.39 is 10.8 Å². The van der Waals surface area contributed by atoms with Crippen molar-refractivity contribution in [1.29, 1.82) is 0 Å². The lowest BCUT2D eigenvalue weighted by Crippen LogP contribution is -2.00. The first kappa shape index (κ1) is 18.6. The van der Waals surface area contributed by atoms with E-state index in [-0.39, 0.29) is 0 Å². The minimum atomic E-state index is -0.991. The molecule has 1 atom stereocenters. The van der Waals surface area contributed by atoms with Crippen LogP contribution in [0.2, 0.25) is 0 Å². The number of hydrogen-bond acceptors (Lipinski definition) is 5. The Balaban J connectivity index is 1.71. The third-order valence-electron chi connectivity index (χ3n) is 3.95. The molecule has 2 aromatic carbocycles. The van der Waals surface area contributed by atoms with Crippen LogP contribution in [-0.4, -0.2) is 23.4 Å². The number of ether oxygens (including phenoxy) is 2. The van der Waals surface area contributed by atoms with Gasteiger partial charge in [-0.25, -0.2) is 4.98 Å². The second-order valence-electron chi connectivity index (χ2n) is 5.92. The first-order valence-corrected chi connectivity index (χ1v) is 10.5. The van der Waals surface area contributed by atoms with Gasteiger partial charge in [-0.05, 0) is 24.6 Å². The summed E-state index contributed by atoms with van der Waals surface area (Å²) in [6, 6.07) is 13.8. The molecule has 1 unspecified atom stereocenters. The Hall–Kier alpha value is -2.18. The van der Waals surface area contributed by atoms with E-state index in [1.165, 1.54) is 16.9 Å². The molecule has 26 heavy (non-hydrogen) atoms. The molecule has 0 radical (unpaired) electrons. The zero-order chi connectivity index (χ0) is 18.5. The molecule has 0 aliphatic heterocycles. The fourth-order valence-electron chi connectivity index (χ4n) is 2.56. The number of thiazole rings is 1. The molecule has 3 aromatic rings. The maximum Gasteiger partial charge on any atom is 0.132 e. The lowest BCUT2D eigenvalue weighted by atomic mass is 10.2. The molecule has 0 saturated carbocycles. The minimum absolute atomic E-state index is 0.447. The molecule has 0 fully saturated rings. The van der Waals surface area contributed by atoms with Gasteiger partial charge in [-0.2, -0.15) is 0 Å². The Kier molecular flexibility index (Phi) is 6.06. The van der Waals surface area contributed by atoms with E-state index in [0.29, 0.717) is 17.3 Å². The van der Waals surface area contributed by atoms with Gasteiger partial charge >= 0.3 is 0 Å².